The standard InChI is InChI=1S/C35H50O16/c36-16-34(44)18-47-32(29(34)42)46-15-25-26(40)27(41)28(51-33-30(43)35(45,17-37)19-48-33)31(50-25)49-24(14-9-21-7-12-23(39)13-8-21)4-2-1-3-20-5-10-22(38)11-6-20/h5-8,10-13,24-33,36-45H,1-4,9,14-19H2/t24-,25-,26-,27+,28-,29+,30+,31+,32-,33+,34-,35-/m1/s1. The Labute approximate surface area is 294 Å². The van der Waals surface area contributed by atoms with Crippen LogP contribution in [0.4, 0.5) is 0 Å². The molecule has 286 valence electrons. The molecule has 51 heavy (non-hydrogen) atoms. The van der Waals surface area contributed by atoms with Crippen molar-refractivity contribution in [3.05, 3.63) is 59.7 Å². The fourth-order valence-electron chi connectivity index (χ4n) is 6.31. The highest BCUT2D eigenvalue weighted by molar-refractivity contribution is 5.26. The molecule has 0 aromatic heterocycles. The van der Waals surface area contributed by atoms with Gasteiger partial charge in [0.2, 0.25) is 0 Å². The minimum absolute atomic E-state index is 0.123. The zero-order valence-corrected chi connectivity index (χ0v) is 28.1. The first kappa shape index (κ1) is 39.7. The van der Waals surface area contributed by atoms with E-state index in [1.54, 1.807) is 36.4 Å². The van der Waals surface area contributed by atoms with Gasteiger partial charge in [-0.2, -0.15) is 0 Å². The summed E-state index contributed by atoms with van der Waals surface area (Å²) in [6.45, 7) is -2.95. The van der Waals surface area contributed by atoms with Gasteiger partial charge in [0.25, 0.3) is 0 Å². The Morgan fingerprint density at radius 2 is 1.24 bits per heavy atom. The summed E-state index contributed by atoms with van der Waals surface area (Å²) >= 11 is 0. The molecule has 0 radical (unpaired) electrons. The predicted molar refractivity (Wildman–Crippen MR) is 174 cm³/mol. The number of aryl methyl sites for hydroxylation is 2. The summed E-state index contributed by atoms with van der Waals surface area (Å²) < 4.78 is 34.8. The number of aliphatic hydroxyl groups excluding tert-OH is 6. The van der Waals surface area contributed by atoms with Crippen LogP contribution >= 0.6 is 0 Å². The van der Waals surface area contributed by atoms with E-state index >= 15 is 0 Å². The van der Waals surface area contributed by atoms with Gasteiger partial charge in [-0.05, 0) is 67.5 Å². The van der Waals surface area contributed by atoms with Crippen LogP contribution in [0.1, 0.15) is 36.8 Å². The number of phenolic OH excluding ortho intramolecular Hbond substituents is 2. The smallest absolute Gasteiger partial charge is 0.187 e. The minimum atomic E-state index is -2.03. The van der Waals surface area contributed by atoms with Gasteiger partial charge in [0, 0.05) is 0 Å². The van der Waals surface area contributed by atoms with Gasteiger partial charge in [-0.25, -0.2) is 0 Å². The first-order valence-corrected chi connectivity index (χ1v) is 17.1. The molecular formula is C35H50O16. The van der Waals surface area contributed by atoms with E-state index in [4.69, 9.17) is 28.4 Å². The molecular weight excluding hydrogens is 676 g/mol. The highest BCUT2D eigenvalue weighted by Crippen LogP contribution is 2.34. The van der Waals surface area contributed by atoms with Crippen LogP contribution in [0.15, 0.2) is 48.5 Å². The summed E-state index contributed by atoms with van der Waals surface area (Å²) in [6.07, 6.45) is -10.5. The average molecular weight is 727 g/mol. The molecule has 0 bridgehead atoms. The number of aromatic hydroxyl groups is 2. The molecule has 3 aliphatic rings. The molecule has 3 aliphatic heterocycles. The molecule has 0 amide bonds. The number of aliphatic hydroxyl groups is 8. The number of phenols is 2. The maximum absolute atomic E-state index is 11.3. The van der Waals surface area contributed by atoms with Gasteiger partial charge in [-0.15, -0.1) is 0 Å². The van der Waals surface area contributed by atoms with Crippen LogP contribution in [0.5, 0.6) is 11.5 Å². The first-order valence-electron chi connectivity index (χ1n) is 17.1. The van der Waals surface area contributed by atoms with Gasteiger partial charge in [0.1, 0.15) is 59.3 Å². The number of ether oxygens (including phenoxy) is 6. The van der Waals surface area contributed by atoms with Crippen molar-refractivity contribution < 1.29 is 79.5 Å². The zero-order valence-electron chi connectivity index (χ0n) is 28.1. The second-order valence-corrected chi connectivity index (χ2v) is 13.6. The van der Waals surface area contributed by atoms with E-state index in [0.29, 0.717) is 25.7 Å². The molecule has 0 saturated carbocycles. The van der Waals surface area contributed by atoms with E-state index < -0.39 is 106 Å². The molecule has 3 saturated heterocycles. The third kappa shape index (κ3) is 9.73. The van der Waals surface area contributed by atoms with Crippen LogP contribution in [-0.2, 0) is 41.3 Å². The molecule has 16 nitrogen and oxygen atoms in total. The molecule has 0 unspecified atom stereocenters. The quantitative estimate of drug-likeness (QED) is 0.0838. The molecule has 5 rings (SSSR count). The van der Waals surface area contributed by atoms with Crippen LogP contribution in [0.25, 0.3) is 0 Å². The maximum Gasteiger partial charge on any atom is 0.187 e. The molecule has 3 fully saturated rings. The van der Waals surface area contributed by atoms with Gasteiger partial charge < -0.3 is 79.5 Å². The average Bonchev–Trinajstić information content (AvgIpc) is 3.58. The predicted octanol–water partition coefficient (Wildman–Crippen LogP) is -1.44. The summed E-state index contributed by atoms with van der Waals surface area (Å²) in [6, 6.07) is 13.7. The Balaban J connectivity index is 1.32. The van der Waals surface area contributed by atoms with Gasteiger partial charge in [-0.1, -0.05) is 30.7 Å². The lowest BCUT2D eigenvalue weighted by Crippen LogP contribution is -2.62. The molecule has 0 aliphatic carbocycles. The van der Waals surface area contributed by atoms with Gasteiger partial charge in [-0.3, -0.25) is 0 Å². The van der Waals surface area contributed by atoms with Gasteiger partial charge in [0.05, 0.1) is 39.1 Å². The number of unbranched alkanes of at least 4 members (excludes halogenated alkanes) is 1. The molecule has 2 aromatic carbocycles. The van der Waals surface area contributed by atoms with E-state index in [2.05, 4.69) is 0 Å². The van der Waals surface area contributed by atoms with Crippen molar-refractivity contribution in [2.24, 2.45) is 0 Å². The Bertz CT molecular complexity index is 1350. The SMILES string of the molecule is OC[C@@]1(O)CO[C@@H](OC[C@H]2O[C@H](O[C@H](CCCCc3ccc(O)cc3)CCc3ccc(O)cc3)[C@H](O[C@@H]3OC[C@](O)(CO)[C@H]3O)[C@@H](O)[C@@H]2O)[C@@H]1O. The monoisotopic (exact) mass is 726 g/mol. The van der Waals surface area contributed by atoms with E-state index in [1.165, 1.54) is 0 Å². The Hall–Kier alpha value is -2.52. The van der Waals surface area contributed by atoms with E-state index in [1.807, 2.05) is 12.1 Å². The third-order valence-corrected chi connectivity index (χ3v) is 9.72. The van der Waals surface area contributed by atoms with Crippen LogP contribution in [0, 0.1) is 0 Å². The van der Waals surface area contributed by atoms with Crippen molar-refractivity contribution in [2.75, 3.05) is 33.0 Å². The Morgan fingerprint density at radius 1 is 0.686 bits per heavy atom. The van der Waals surface area contributed by atoms with Gasteiger partial charge >= 0.3 is 0 Å². The van der Waals surface area contributed by atoms with Crippen LogP contribution < -0.4 is 0 Å². The van der Waals surface area contributed by atoms with Crippen molar-refractivity contribution in [1.82, 2.24) is 0 Å². The second kappa shape index (κ2) is 17.5. The van der Waals surface area contributed by atoms with Crippen molar-refractivity contribution in [3.63, 3.8) is 0 Å². The molecule has 3 heterocycles. The summed E-state index contributed by atoms with van der Waals surface area (Å²) in [5.74, 6) is 0.301. The summed E-state index contributed by atoms with van der Waals surface area (Å²) in [5.41, 5.74) is -2.01. The molecule has 0 spiro atoms. The Kier molecular flexibility index (Phi) is 13.6. The van der Waals surface area contributed by atoms with E-state index in [0.717, 1.165) is 24.0 Å². The molecule has 10 N–H and O–H groups in total. The normalized spacial score (nSPS) is 36.0. The minimum Gasteiger partial charge on any atom is -0.508 e. The topological polar surface area (TPSA) is 258 Å². The molecule has 12 atom stereocenters. The molecule has 16 heteroatoms. The van der Waals surface area contributed by atoms with Crippen molar-refractivity contribution in [3.8, 4) is 11.5 Å². The van der Waals surface area contributed by atoms with Crippen molar-refractivity contribution >= 4 is 0 Å². The van der Waals surface area contributed by atoms with Crippen LogP contribution in [-0.4, -0.2) is 157 Å². The fraction of sp³-hybridized carbons (Fsp3) is 0.657. The van der Waals surface area contributed by atoms with E-state index in [-0.39, 0.29) is 11.5 Å². The fourth-order valence-corrected chi connectivity index (χ4v) is 6.31. The van der Waals surface area contributed by atoms with Crippen LogP contribution in [0.2, 0.25) is 0 Å². The zero-order chi connectivity index (χ0) is 36.8. The Morgan fingerprint density at radius 3 is 1.80 bits per heavy atom. The summed E-state index contributed by atoms with van der Waals surface area (Å²) in [7, 11) is 0. The lowest BCUT2D eigenvalue weighted by atomic mass is 9.97. The van der Waals surface area contributed by atoms with E-state index in [9.17, 15) is 51.1 Å². The van der Waals surface area contributed by atoms with Crippen molar-refractivity contribution in [2.45, 2.75) is 111 Å². The summed E-state index contributed by atoms with van der Waals surface area (Å²) in [4.78, 5) is 0. The highest BCUT2D eigenvalue weighted by Gasteiger charge is 2.54. The first-order chi connectivity index (χ1) is 24.4. The lowest BCUT2D eigenvalue weighted by Gasteiger charge is -2.44. The number of hydrogen-bond acceptors (Lipinski definition) is 16. The van der Waals surface area contributed by atoms with Crippen LogP contribution in [0.3, 0.4) is 0 Å². The van der Waals surface area contributed by atoms with Crippen molar-refractivity contribution in [1.29, 1.82) is 0 Å². The largest absolute Gasteiger partial charge is 0.508 e. The lowest BCUT2D eigenvalue weighted by molar-refractivity contribution is -0.348. The highest BCUT2D eigenvalue weighted by atomic mass is 16.8. The molecule has 2 aromatic rings. The number of hydrogen-bond donors (Lipinski definition) is 10. The third-order valence-electron chi connectivity index (χ3n) is 9.72. The number of rotatable bonds is 17. The number of benzene rings is 2. The summed E-state index contributed by atoms with van der Waals surface area (Å²) in [5, 5.41) is 103. The van der Waals surface area contributed by atoms with Gasteiger partial charge in [0.15, 0.2) is 18.9 Å². The maximum atomic E-state index is 11.3. The second-order valence-electron chi connectivity index (χ2n) is 13.6.